The minimum atomic E-state index is -0.837. The fourth-order valence-electron chi connectivity index (χ4n) is 2.63. The van der Waals surface area contributed by atoms with Crippen LogP contribution < -0.4 is 16.8 Å². The van der Waals surface area contributed by atoms with Crippen LogP contribution in [0.5, 0.6) is 0 Å². The van der Waals surface area contributed by atoms with Crippen molar-refractivity contribution in [1.82, 2.24) is 0 Å². The first-order valence-corrected chi connectivity index (χ1v) is 7.28. The zero-order chi connectivity index (χ0) is 14.0. The van der Waals surface area contributed by atoms with Crippen LogP contribution in [0.25, 0.3) is 0 Å². The van der Waals surface area contributed by atoms with Crippen molar-refractivity contribution in [3.05, 3.63) is 17.0 Å². The van der Waals surface area contributed by atoms with Crippen molar-refractivity contribution < 1.29 is 9.59 Å². The summed E-state index contributed by atoms with van der Waals surface area (Å²) in [6.07, 6.45) is 3.42. The lowest BCUT2D eigenvalue weighted by Gasteiger charge is -2.35. The van der Waals surface area contributed by atoms with Gasteiger partial charge in [-0.1, -0.05) is 19.8 Å². The molecule has 104 valence electrons. The van der Waals surface area contributed by atoms with Crippen molar-refractivity contribution in [1.29, 1.82) is 0 Å². The number of primary amides is 1. The Kier molecular flexibility index (Phi) is 3.91. The molecule has 0 aliphatic heterocycles. The lowest BCUT2D eigenvalue weighted by molar-refractivity contribution is -0.122. The summed E-state index contributed by atoms with van der Waals surface area (Å²) in [4.78, 5) is 23.5. The molecule has 1 saturated carbocycles. The second-order valence-corrected chi connectivity index (χ2v) is 6.26. The first-order chi connectivity index (χ1) is 8.92. The molecular formula is C13H19N3O2S. The Morgan fingerprint density at radius 3 is 2.89 bits per heavy atom. The van der Waals surface area contributed by atoms with Crippen molar-refractivity contribution in [2.45, 2.75) is 38.1 Å². The average Bonchev–Trinajstić information content (AvgIpc) is 2.76. The summed E-state index contributed by atoms with van der Waals surface area (Å²) >= 11 is 1.28. The minimum absolute atomic E-state index is 0.219. The normalized spacial score (nSPS) is 26.9. The van der Waals surface area contributed by atoms with Gasteiger partial charge in [0.1, 0.15) is 5.00 Å². The summed E-state index contributed by atoms with van der Waals surface area (Å²) in [7, 11) is 0. The van der Waals surface area contributed by atoms with Crippen molar-refractivity contribution in [3.8, 4) is 0 Å². The van der Waals surface area contributed by atoms with Crippen molar-refractivity contribution in [2.24, 2.45) is 17.4 Å². The number of amides is 2. The molecule has 1 heterocycles. The Bertz CT molecular complexity index is 500. The Hall–Kier alpha value is -1.40. The van der Waals surface area contributed by atoms with Crippen LogP contribution in [0.3, 0.4) is 0 Å². The number of carbonyl (C=O) groups excluding carboxylic acids is 2. The van der Waals surface area contributed by atoms with Gasteiger partial charge in [-0.15, -0.1) is 11.3 Å². The predicted molar refractivity (Wildman–Crippen MR) is 76.0 cm³/mol. The zero-order valence-corrected chi connectivity index (χ0v) is 11.8. The third-order valence-corrected chi connectivity index (χ3v) is 4.47. The van der Waals surface area contributed by atoms with Gasteiger partial charge in [0.25, 0.3) is 5.91 Å². The van der Waals surface area contributed by atoms with E-state index in [-0.39, 0.29) is 5.91 Å². The summed E-state index contributed by atoms with van der Waals surface area (Å²) < 4.78 is 0. The molecule has 0 spiro atoms. The summed E-state index contributed by atoms with van der Waals surface area (Å²) in [6, 6.07) is 1.61. The number of thiophene rings is 1. The van der Waals surface area contributed by atoms with Gasteiger partial charge in [0, 0.05) is 0 Å². The first-order valence-electron chi connectivity index (χ1n) is 6.40. The summed E-state index contributed by atoms with van der Waals surface area (Å²) in [6.45, 7) is 2.11. The van der Waals surface area contributed by atoms with Crippen LogP contribution >= 0.6 is 11.3 Å². The minimum Gasteiger partial charge on any atom is -0.366 e. The third-order valence-electron chi connectivity index (χ3n) is 3.64. The highest BCUT2D eigenvalue weighted by atomic mass is 32.1. The van der Waals surface area contributed by atoms with Crippen LogP contribution in [0.15, 0.2) is 11.4 Å². The van der Waals surface area contributed by atoms with E-state index in [1.807, 2.05) is 0 Å². The number of nitrogens with two attached hydrogens (primary N) is 2. The summed E-state index contributed by atoms with van der Waals surface area (Å²) in [5.41, 5.74) is 11.0. The topological polar surface area (TPSA) is 98.2 Å². The van der Waals surface area contributed by atoms with E-state index in [1.54, 1.807) is 11.4 Å². The molecule has 19 heavy (non-hydrogen) atoms. The molecule has 2 unspecified atom stereocenters. The third kappa shape index (κ3) is 2.96. The molecule has 1 aliphatic rings. The first kappa shape index (κ1) is 14.0. The molecule has 2 atom stereocenters. The maximum Gasteiger partial charge on any atom is 0.251 e. The molecule has 6 heteroatoms. The maximum atomic E-state index is 12.3. The van der Waals surface area contributed by atoms with E-state index in [1.165, 1.54) is 11.3 Å². The van der Waals surface area contributed by atoms with Crippen molar-refractivity contribution >= 4 is 28.2 Å². The number of hydrogen-bond acceptors (Lipinski definition) is 4. The Labute approximate surface area is 116 Å². The van der Waals surface area contributed by atoms with Gasteiger partial charge in [0.05, 0.1) is 11.1 Å². The molecule has 0 saturated heterocycles. The lowest BCUT2D eigenvalue weighted by atomic mass is 9.76. The molecule has 0 bridgehead atoms. The molecule has 1 aromatic rings. The molecule has 5 N–H and O–H groups in total. The predicted octanol–water partition coefficient (Wildman–Crippen LogP) is 1.69. The van der Waals surface area contributed by atoms with Crippen LogP contribution in [0.4, 0.5) is 5.00 Å². The van der Waals surface area contributed by atoms with Crippen LogP contribution in [0.1, 0.15) is 43.0 Å². The monoisotopic (exact) mass is 281 g/mol. The maximum absolute atomic E-state index is 12.3. The van der Waals surface area contributed by atoms with Crippen molar-refractivity contribution in [3.63, 3.8) is 0 Å². The van der Waals surface area contributed by atoms with E-state index in [0.717, 1.165) is 12.8 Å². The molecule has 5 nitrogen and oxygen atoms in total. The number of anilines is 1. The molecular weight excluding hydrogens is 262 g/mol. The lowest BCUT2D eigenvalue weighted by Crippen LogP contribution is -2.53. The van der Waals surface area contributed by atoms with E-state index in [2.05, 4.69) is 12.2 Å². The highest BCUT2D eigenvalue weighted by Crippen LogP contribution is 2.32. The second-order valence-electron chi connectivity index (χ2n) is 5.34. The van der Waals surface area contributed by atoms with Gasteiger partial charge in [0.15, 0.2) is 0 Å². The Morgan fingerprint density at radius 1 is 1.53 bits per heavy atom. The van der Waals surface area contributed by atoms with Gasteiger partial charge in [-0.2, -0.15) is 0 Å². The van der Waals surface area contributed by atoms with E-state index < -0.39 is 11.4 Å². The molecule has 0 aromatic carbocycles. The Morgan fingerprint density at radius 2 is 2.26 bits per heavy atom. The fourth-order valence-corrected chi connectivity index (χ4v) is 3.41. The van der Waals surface area contributed by atoms with E-state index in [4.69, 9.17) is 11.5 Å². The molecule has 0 radical (unpaired) electrons. The fraction of sp³-hybridized carbons (Fsp3) is 0.538. The van der Waals surface area contributed by atoms with E-state index in [9.17, 15) is 9.59 Å². The van der Waals surface area contributed by atoms with Gasteiger partial charge in [-0.3, -0.25) is 9.59 Å². The highest BCUT2D eigenvalue weighted by molar-refractivity contribution is 7.14. The Balaban J connectivity index is 2.12. The quantitative estimate of drug-likeness (QED) is 0.786. The molecule has 1 aromatic heterocycles. The van der Waals surface area contributed by atoms with Gasteiger partial charge in [-0.05, 0) is 30.2 Å². The zero-order valence-electron chi connectivity index (χ0n) is 10.9. The molecule has 2 amide bonds. The van der Waals surface area contributed by atoms with Crippen LogP contribution in [-0.4, -0.2) is 17.4 Å². The average molecular weight is 281 g/mol. The van der Waals surface area contributed by atoms with Crippen molar-refractivity contribution in [2.75, 3.05) is 5.32 Å². The number of rotatable bonds is 3. The second kappa shape index (κ2) is 5.30. The number of carbonyl (C=O) groups is 2. The number of nitrogens with one attached hydrogen (secondary N) is 1. The summed E-state index contributed by atoms with van der Waals surface area (Å²) in [5, 5.41) is 4.97. The van der Waals surface area contributed by atoms with Gasteiger partial charge in [-0.25, -0.2) is 0 Å². The standard InChI is InChI=1S/C13H19N3O2S/c1-8-3-2-5-13(15,7-8)12(18)16-11-9(10(14)17)4-6-19-11/h4,6,8H,2-3,5,7,15H2,1H3,(H2,14,17)(H,16,18). The van der Waals surface area contributed by atoms with Crippen LogP contribution in [0.2, 0.25) is 0 Å². The number of hydrogen-bond donors (Lipinski definition) is 3. The van der Waals surface area contributed by atoms with Gasteiger partial charge in [0.2, 0.25) is 5.91 Å². The molecule has 2 rings (SSSR count). The molecule has 1 fully saturated rings. The van der Waals surface area contributed by atoms with E-state index in [0.29, 0.717) is 29.3 Å². The highest BCUT2D eigenvalue weighted by Gasteiger charge is 2.38. The van der Waals surface area contributed by atoms with Gasteiger partial charge < -0.3 is 16.8 Å². The molecule has 1 aliphatic carbocycles. The van der Waals surface area contributed by atoms with E-state index >= 15 is 0 Å². The van der Waals surface area contributed by atoms with Gasteiger partial charge >= 0.3 is 0 Å². The SMILES string of the molecule is CC1CCCC(N)(C(=O)Nc2sccc2C(N)=O)C1. The summed E-state index contributed by atoms with van der Waals surface area (Å²) in [5.74, 6) is -0.313. The van der Waals surface area contributed by atoms with Crippen LogP contribution in [-0.2, 0) is 4.79 Å². The smallest absolute Gasteiger partial charge is 0.251 e. The largest absolute Gasteiger partial charge is 0.366 e. The van der Waals surface area contributed by atoms with Crippen LogP contribution in [0, 0.1) is 5.92 Å².